The van der Waals surface area contributed by atoms with Crippen molar-refractivity contribution in [3.8, 4) is 0 Å². The summed E-state index contributed by atoms with van der Waals surface area (Å²) < 4.78 is 5.29. The van der Waals surface area contributed by atoms with Crippen LogP contribution in [0.25, 0.3) is 0 Å². The molecule has 0 aliphatic heterocycles. The van der Waals surface area contributed by atoms with Gasteiger partial charge in [-0.25, -0.2) is 4.79 Å². The highest BCUT2D eigenvalue weighted by Gasteiger charge is 2.95. The molecule has 0 N–H and O–H groups in total. The molecular weight excluding hydrogens is 316 g/mol. The van der Waals surface area contributed by atoms with Crippen molar-refractivity contribution in [1.82, 2.24) is 0 Å². The molecule has 25 heavy (non-hydrogen) atoms. The number of ether oxygens (including phenoxy) is 1. The maximum Gasteiger partial charge on any atom is 0.334 e. The van der Waals surface area contributed by atoms with Crippen LogP contribution < -0.4 is 0 Å². The summed E-state index contributed by atoms with van der Waals surface area (Å²) in [6.45, 7) is 2.14. The molecule has 4 nitrogen and oxygen atoms in total. The Kier molecular flexibility index (Phi) is 1.92. The standard InChI is InChI=1S/C21H20O4/c1-2-25-19(24)11-5-8-3-4-13(11)21-14(22)7-9-10-6-12-15(9)18(23)20(8,21)17(12)16(10)21/h3-5,8-10,12-13,15-17H,2,6-7H2,1H3/t8-,9?,10?,12?,13+,15?,16?,17?,20?,21?/m1/s1. The Hall–Kier alpha value is -1.71. The van der Waals surface area contributed by atoms with Crippen molar-refractivity contribution in [3.05, 3.63) is 23.8 Å². The van der Waals surface area contributed by atoms with Gasteiger partial charge >= 0.3 is 5.97 Å². The van der Waals surface area contributed by atoms with Gasteiger partial charge in [0.1, 0.15) is 11.6 Å². The van der Waals surface area contributed by atoms with Crippen molar-refractivity contribution < 1.29 is 19.1 Å². The molecule has 5 fully saturated rings. The van der Waals surface area contributed by atoms with Crippen molar-refractivity contribution in [2.75, 3.05) is 6.61 Å². The fourth-order valence-electron chi connectivity index (χ4n) is 9.42. The van der Waals surface area contributed by atoms with Gasteiger partial charge in [-0.1, -0.05) is 18.2 Å². The van der Waals surface area contributed by atoms with Crippen LogP contribution >= 0.6 is 0 Å². The first-order valence-corrected chi connectivity index (χ1v) is 9.74. The molecule has 10 atom stereocenters. The van der Waals surface area contributed by atoms with E-state index >= 15 is 0 Å². The van der Waals surface area contributed by atoms with E-state index in [4.69, 9.17) is 4.74 Å². The van der Waals surface area contributed by atoms with Crippen molar-refractivity contribution in [1.29, 1.82) is 0 Å². The summed E-state index contributed by atoms with van der Waals surface area (Å²) in [5.41, 5.74) is -0.489. The summed E-state index contributed by atoms with van der Waals surface area (Å²) in [6.07, 6.45) is 7.87. The number of allylic oxidation sites excluding steroid dienone is 3. The van der Waals surface area contributed by atoms with E-state index in [2.05, 4.69) is 12.2 Å². The van der Waals surface area contributed by atoms with E-state index in [9.17, 15) is 14.4 Å². The van der Waals surface area contributed by atoms with Crippen LogP contribution in [0.2, 0.25) is 0 Å². The number of ketones is 2. The fourth-order valence-corrected chi connectivity index (χ4v) is 9.42. The molecule has 128 valence electrons. The SMILES string of the molecule is CCOC(=O)C1=C[C@H]2C=C[C@@H]1C13C(=O)CC4C5CC6C4C(=O)C21C6C53. The van der Waals surface area contributed by atoms with Gasteiger partial charge in [0.2, 0.25) is 0 Å². The molecule has 4 heteroatoms. The minimum atomic E-state index is -0.619. The van der Waals surface area contributed by atoms with E-state index in [1.54, 1.807) is 0 Å². The zero-order valence-electron chi connectivity index (χ0n) is 14.1. The minimum Gasteiger partial charge on any atom is -0.463 e. The zero-order valence-corrected chi connectivity index (χ0v) is 14.1. The Morgan fingerprint density at radius 1 is 1.16 bits per heavy atom. The number of hydrogen-bond donors (Lipinski definition) is 0. The van der Waals surface area contributed by atoms with E-state index in [-0.39, 0.29) is 29.5 Å². The topological polar surface area (TPSA) is 60.4 Å². The number of hydrogen-bond acceptors (Lipinski definition) is 4. The predicted molar refractivity (Wildman–Crippen MR) is 85.9 cm³/mol. The van der Waals surface area contributed by atoms with Crippen molar-refractivity contribution in [2.45, 2.75) is 19.8 Å². The van der Waals surface area contributed by atoms with Gasteiger partial charge in [0, 0.05) is 29.7 Å². The quantitative estimate of drug-likeness (QED) is 0.571. The summed E-state index contributed by atoms with van der Waals surface area (Å²) in [5.74, 6) is 2.25. The van der Waals surface area contributed by atoms with E-state index < -0.39 is 10.8 Å². The third-order valence-corrected chi connectivity index (χ3v) is 9.39. The first-order valence-electron chi connectivity index (χ1n) is 9.74. The average molecular weight is 336 g/mol. The van der Waals surface area contributed by atoms with Gasteiger partial charge in [0.25, 0.3) is 0 Å². The summed E-state index contributed by atoms with van der Waals surface area (Å²) in [6, 6.07) is 0. The molecule has 5 saturated carbocycles. The van der Waals surface area contributed by atoms with Crippen molar-refractivity contribution >= 4 is 17.5 Å². The van der Waals surface area contributed by atoms with E-state index in [1.807, 2.05) is 13.0 Å². The molecule has 0 aromatic carbocycles. The van der Waals surface area contributed by atoms with Gasteiger partial charge in [-0.2, -0.15) is 0 Å². The van der Waals surface area contributed by atoms with Crippen LogP contribution in [0.4, 0.5) is 0 Å². The van der Waals surface area contributed by atoms with Gasteiger partial charge < -0.3 is 4.74 Å². The highest BCUT2D eigenvalue weighted by atomic mass is 16.5. The number of rotatable bonds is 2. The van der Waals surface area contributed by atoms with E-state index in [1.165, 1.54) is 0 Å². The molecule has 0 aromatic heterocycles. The minimum absolute atomic E-state index is 0.0855. The van der Waals surface area contributed by atoms with Crippen LogP contribution in [0.1, 0.15) is 19.8 Å². The number of carbonyl (C=O) groups excluding carboxylic acids is 3. The lowest BCUT2D eigenvalue weighted by atomic mass is 9.26. The molecule has 0 heterocycles. The molecule has 0 radical (unpaired) electrons. The fraction of sp³-hybridized carbons (Fsp3) is 0.667. The molecule has 8 unspecified atom stereocenters. The Balaban J connectivity index is 1.52. The smallest absolute Gasteiger partial charge is 0.334 e. The molecular formula is C21H20O4. The summed E-state index contributed by atoms with van der Waals surface area (Å²) in [5, 5.41) is 0. The number of carbonyl (C=O) groups is 3. The average Bonchev–Trinajstić information content (AvgIpc) is 3.10. The Morgan fingerprint density at radius 3 is 2.76 bits per heavy atom. The highest BCUT2D eigenvalue weighted by molar-refractivity contribution is 6.09. The molecule has 0 amide bonds. The molecule has 8 rings (SSSR count). The Bertz CT molecular complexity index is 867. The van der Waals surface area contributed by atoms with Crippen LogP contribution in [-0.2, 0) is 19.1 Å². The maximum atomic E-state index is 13.7. The van der Waals surface area contributed by atoms with Gasteiger partial charge in [-0.15, -0.1) is 0 Å². The van der Waals surface area contributed by atoms with Gasteiger partial charge in [0.15, 0.2) is 0 Å². The van der Waals surface area contributed by atoms with Crippen LogP contribution in [0.3, 0.4) is 0 Å². The lowest BCUT2D eigenvalue weighted by Gasteiger charge is -2.74. The second-order valence-corrected chi connectivity index (χ2v) is 9.27. The lowest BCUT2D eigenvalue weighted by Crippen LogP contribution is -2.78. The summed E-state index contributed by atoms with van der Waals surface area (Å²) >= 11 is 0. The third kappa shape index (κ3) is 0.931. The second-order valence-electron chi connectivity index (χ2n) is 9.27. The normalized spacial score (nSPS) is 60.0. The molecule has 2 spiro atoms. The van der Waals surface area contributed by atoms with Gasteiger partial charge in [-0.3, -0.25) is 9.59 Å². The Morgan fingerprint density at radius 2 is 1.96 bits per heavy atom. The van der Waals surface area contributed by atoms with Crippen LogP contribution in [0.5, 0.6) is 0 Å². The largest absolute Gasteiger partial charge is 0.463 e. The zero-order chi connectivity index (χ0) is 16.9. The van der Waals surface area contributed by atoms with E-state index in [0.717, 1.165) is 6.42 Å². The van der Waals surface area contributed by atoms with Crippen LogP contribution in [0.15, 0.2) is 23.8 Å². The van der Waals surface area contributed by atoms with E-state index in [0.29, 0.717) is 54.0 Å². The summed E-state index contributed by atoms with van der Waals surface area (Å²) in [4.78, 5) is 39.8. The van der Waals surface area contributed by atoms with Crippen LogP contribution in [0, 0.1) is 58.2 Å². The second kappa shape index (κ2) is 3.56. The van der Waals surface area contributed by atoms with Gasteiger partial charge in [0.05, 0.1) is 17.4 Å². The van der Waals surface area contributed by atoms with Gasteiger partial charge in [-0.05, 0) is 42.9 Å². The number of fused-ring (bicyclic) bond motifs is 1. The maximum absolute atomic E-state index is 13.7. The molecule has 0 saturated heterocycles. The summed E-state index contributed by atoms with van der Waals surface area (Å²) in [7, 11) is 0. The molecule has 4 bridgehead atoms. The monoisotopic (exact) mass is 336 g/mol. The third-order valence-electron chi connectivity index (χ3n) is 9.39. The molecule has 8 aliphatic rings. The van der Waals surface area contributed by atoms with Crippen molar-refractivity contribution in [3.63, 3.8) is 0 Å². The van der Waals surface area contributed by atoms with Crippen LogP contribution in [-0.4, -0.2) is 24.1 Å². The predicted octanol–water partition coefficient (Wildman–Crippen LogP) is 1.95. The van der Waals surface area contributed by atoms with Crippen molar-refractivity contribution in [2.24, 2.45) is 58.2 Å². The molecule has 8 aliphatic carbocycles. The first kappa shape index (κ1) is 13.5. The molecule has 0 aromatic rings. The lowest BCUT2D eigenvalue weighted by molar-refractivity contribution is -0.241. The number of Topliss-reactive ketones (excluding diaryl/α,β-unsaturated/α-hetero) is 2. The first-order chi connectivity index (χ1) is 12.1. The Labute approximate surface area is 145 Å². The number of esters is 1. The highest BCUT2D eigenvalue weighted by Crippen LogP contribution is 2.92.